The second-order valence-corrected chi connectivity index (χ2v) is 4.44. The van der Waals surface area contributed by atoms with Crippen LogP contribution in [0.25, 0.3) is 0 Å². The van der Waals surface area contributed by atoms with Crippen molar-refractivity contribution >= 4 is 0 Å². The van der Waals surface area contributed by atoms with E-state index in [1.54, 1.807) is 0 Å². The van der Waals surface area contributed by atoms with E-state index in [-0.39, 0.29) is 18.9 Å². The molecule has 0 aromatic rings. The molecule has 0 amide bonds. The van der Waals surface area contributed by atoms with Gasteiger partial charge in [-0.05, 0) is 32.7 Å². The summed E-state index contributed by atoms with van der Waals surface area (Å²) in [6.07, 6.45) is 3.50. The quantitative estimate of drug-likeness (QED) is 0.715. The molecule has 0 aliphatic carbocycles. The van der Waals surface area contributed by atoms with Crippen LogP contribution in [0.4, 0.5) is 0 Å². The van der Waals surface area contributed by atoms with Crippen LogP contribution in [0.1, 0.15) is 33.6 Å². The second kappa shape index (κ2) is 4.96. The number of nitrogens with zero attached hydrogens (tertiary/aromatic N) is 2. The lowest BCUT2D eigenvalue weighted by molar-refractivity contribution is 0.0416. The van der Waals surface area contributed by atoms with E-state index < -0.39 is 0 Å². The van der Waals surface area contributed by atoms with Gasteiger partial charge < -0.3 is 4.74 Å². The summed E-state index contributed by atoms with van der Waals surface area (Å²) in [5, 5.41) is 8.94. The normalized spacial score (nSPS) is 34.5. The molecule has 15 heavy (non-hydrogen) atoms. The first-order valence-corrected chi connectivity index (χ1v) is 5.53. The molecule has 2 aliphatic rings. The standard InChI is InChI=1S/C11H18N2O.CH4/c1-2-14-9-11-4-3-5-13(11)8-10(6-11)7-12;/h10H,2-6,8-9H2,1H3;1H4/t10?,11-;/m0./s1. The molecule has 2 aliphatic heterocycles. The van der Waals surface area contributed by atoms with Crippen LogP contribution in [0.15, 0.2) is 0 Å². The number of fused-ring (bicyclic) bond motifs is 1. The van der Waals surface area contributed by atoms with Gasteiger partial charge >= 0.3 is 0 Å². The molecule has 2 fully saturated rings. The third kappa shape index (κ3) is 2.16. The van der Waals surface area contributed by atoms with Crippen molar-refractivity contribution in [1.29, 1.82) is 5.26 Å². The van der Waals surface area contributed by atoms with Gasteiger partial charge in [0, 0.05) is 18.7 Å². The van der Waals surface area contributed by atoms with Gasteiger partial charge in [-0.15, -0.1) is 0 Å². The minimum atomic E-state index is 0. The SMILES string of the molecule is C.CCOC[C@@]12CCCN1CC(C#N)C2. The van der Waals surface area contributed by atoms with Gasteiger partial charge in [0.1, 0.15) is 0 Å². The minimum Gasteiger partial charge on any atom is -0.380 e. The molecule has 0 spiro atoms. The van der Waals surface area contributed by atoms with E-state index in [1.807, 2.05) is 6.92 Å². The Morgan fingerprint density at radius 1 is 1.60 bits per heavy atom. The van der Waals surface area contributed by atoms with Crippen molar-refractivity contribution in [2.75, 3.05) is 26.3 Å². The number of nitriles is 1. The number of ether oxygens (including phenoxy) is 1. The fourth-order valence-electron chi connectivity index (χ4n) is 2.90. The highest BCUT2D eigenvalue weighted by Gasteiger charge is 2.48. The first kappa shape index (κ1) is 12.5. The average molecular weight is 210 g/mol. The Bertz CT molecular complexity index is 248. The van der Waals surface area contributed by atoms with Crippen molar-refractivity contribution in [3.05, 3.63) is 0 Å². The number of hydrogen-bond donors (Lipinski definition) is 0. The van der Waals surface area contributed by atoms with Crippen LogP contribution in [0, 0.1) is 17.2 Å². The largest absolute Gasteiger partial charge is 0.380 e. The molecule has 0 aromatic carbocycles. The van der Waals surface area contributed by atoms with E-state index in [4.69, 9.17) is 10.00 Å². The molecule has 0 N–H and O–H groups in total. The fourth-order valence-corrected chi connectivity index (χ4v) is 2.90. The molecule has 0 bridgehead atoms. The lowest BCUT2D eigenvalue weighted by Crippen LogP contribution is -2.42. The van der Waals surface area contributed by atoms with Crippen molar-refractivity contribution < 1.29 is 4.74 Å². The van der Waals surface area contributed by atoms with E-state index in [1.165, 1.54) is 12.8 Å². The lowest BCUT2D eigenvalue weighted by atomic mass is 9.91. The van der Waals surface area contributed by atoms with E-state index in [9.17, 15) is 0 Å². The zero-order chi connectivity index (χ0) is 10.0. The Morgan fingerprint density at radius 3 is 3.07 bits per heavy atom. The Balaban J connectivity index is 0.00000112. The lowest BCUT2D eigenvalue weighted by Gasteiger charge is -2.31. The topological polar surface area (TPSA) is 36.3 Å². The smallest absolute Gasteiger partial charge is 0.0670 e. The van der Waals surface area contributed by atoms with Crippen LogP contribution in [0.5, 0.6) is 0 Å². The van der Waals surface area contributed by atoms with Crippen molar-refractivity contribution in [1.82, 2.24) is 4.90 Å². The maximum atomic E-state index is 8.94. The summed E-state index contributed by atoms with van der Waals surface area (Å²) in [6, 6.07) is 2.40. The monoisotopic (exact) mass is 210 g/mol. The van der Waals surface area contributed by atoms with Crippen LogP contribution >= 0.6 is 0 Å². The molecule has 2 saturated heterocycles. The van der Waals surface area contributed by atoms with Gasteiger partial charge in [0.2, 0.25) is 0 Å². The van der Waals surface area contributed by atoms with E-state index in [2.05, 4.69) is 11.0 Å². The summed E-state index contributed by atoms with van der Waals surface area (Å²) in [5.41, 5.74) is 0.219. The Labute approximate surface area is 93.0 Å². The third-order valence-electron chi connectivity index (χ3n) is 3.57. The molecular formula is C12H22N2O. The predicted octanol–water partition coefficient (Wildman–Crippen LogP) is 2.04. The summed E-state index contributed by atoms with van der Waals surface area (Å²) >= 11 is 0. The number of rotatable bonds is 3. The number of hydrogen-bond acceptors (Lipinski definition) is 3. The summed E-state index contributed by atoms with van der Waals surface area (Å²) in [7, 11) is 0. The fraction of sp³-hybridized carbons (Fsp3) is 0.917. The molecule has 86 valence electrons. The van der Waals surface area contributed by atoms with Gasteiger partial charge in [-0.1, -0.05) is 7.43 Å². The van der Waals surface area contributed by atoms with Crippen LogP contribution in [0.3, 0.4) is 0 Å². The maximum Gasteiger partial charge on any atom is 0.0670 e. The van der Waals surface area contributed by atoms with Crippen LogP contribution < -0.4 is 0 Å². The van der Waals surface area contributed by atoms with Gasteiger partial charge in [0.05, 0.1) is 18.6 Å². The molecular weight excluding hydrogens is 188 g/mol. The molecule has 2 atom stereocenters. The van der Waals surface area contributed by atoms with Gasteiger partial charge in [-0.25, -0.2) is 0 Å². The summed E-state index contributed by atoms with van der Waals surface area (Å²) in [6.45, 7) is 5.76. The summed E-state index contributed by atoms with van der Waals surface area (Å²) in [4.78, 5) is 2.47. The first-order valence-electron chi connectivity index (χ1n) is 5.53. The van der Waals surface area contributed by atoms with Gasteiger partial charge in [0.25, 0.3) is 0 Å². The second-order valence-electron chi connectivity index (χ2n) is 4.44. The Morgan fingerprint density at radius 2 is 2.40 bits per heavy atom. The summed E-state index contributed by atoms with van der Waals surface area (Å²) in [5.74, 6) is 0.232. The van der Waals surface area contributed by atoms with Crippen molar-refractivity contribution in [3.8, 4) is 6.07 Å². The van der Waals surface area contributed by atoms with E-state index >= 15 is 0 Å². The van der Waals surface area contributed by atoms with E-state index in [0.717, 1.165) is 32.7 Å². The zero-order valence-corrected chi connectivity index (χ0v) is 8.83. The Kier molecular flexibility index (Phi) is 4.12. The molecule has 0 aromatic heterocycles. The van der Waals surface area contributed by atoms with Crippen LogP contribution in [0.2, 0.25) is 0 Å². The maximum absolute atomic E-state index is 8.94. The molecule has 3 nitrogen and oxygen atoms in total. The van der Waals surface area contributed by atoms with Gasteiger partial charge in [-0.3, -0.25) is 4.90 Å². The van der Waals surface area contributed by atoms with Crippen molar-refractivity contribution in [2.24, 2.45) is 5.92 Å². The highest BCUT2D eigenvalue weighted by atomic mass is 16.5. The van der Waals surface area contributed by atoms with Crippen molar-refractivity contribution in [2.45, 2.75) is 39.2 Å². The average Bonchev–Trinajstić information content (AvgIpc) is 2.70. The summed E-state index contributed by atoms with van der Waals surface area (Å²) < 4.78 is 5.56. The molecule has 2 rings (SSSR count). The van der Waals surface area contributed by atoms with Crippen LogP contribution in [-0.4, -0.2) is 36.7 Å². The van der Waals surface area contributed by atoms with E-state index in [0.29, 0.717) is 0 Å². The van der Waals surface area contributed by atoms with Gasteiger partial charge in [0.15, 0.2) is 0 Å². The first-order chi connectivity index (χ1) is 6.80. The molecule has 3 heteroatoms. The van der Waals surface area contributed by atoms with Crippen LogP contribution in [-0.2, 0) is 4.74 Å². The predicted molar refractivity (Wildman–Crippen MR) is 60.5 cm³/mol. The minimum absolute atomic E-state index is 0. The molecule has 0 saturated carbocycles. The highest BCUT2D eigenvalue weighted by Crippen LogP contribution is 2.41. The Hall–Kier alpha value is -0.590. The molecule has 1 unspecified atom stereocenters. The third-order valence-corrected chi connectivity index (χ3v) is 3.57. The molecule has 0 radical (unpaired) electrons. The molecule has 2 heterocycles. The van der Waals surface area contributed by atoms with Gasteiger partial charge in [-0.2, -0.15) is 5.26 Å². The van der Waals surface area contributed by atoms with Crippen molar-refractivity contribution in [3.63, 3.8) is 0 Å². The zero-order valence-electron chi connectivity index (χ0n) is 8.83. The highest BCUT2D eigenvalue weighted by molar-refractivity contribution is 5.08.